The standard InChI is InChI=1S/C17H19N3/c1-3-6-19-10-14-4-5-17(13(2)7-14)16-8-15(9-18)11-20-12-16/h4-5,7-8,11-12,19H,3,6,10H2,1-2H3. The number of aromatic nitrogens is 1. The van der Waals surface area contributed by atoms with Crippen LogP contribution in [0.15, 0.2) is 36.7 Å². The van der Waals surface area contributed by atoms with Gasteiger partial charge in [0.15, 0.2) is 0 Å². The first-order chi connectivity index (χ1) is 9.74. The van der Waals surface area contributed by atoms with Gasteiger partial charge in [-0.1, -0.05) is 25.1 Å². The molecule has 0 aliphatic heterocycles. The Balaban J connectivity index is 2.23. The van der Waals surface area contributed by atoms with Gasteiger partial charge in [-0.2, -0.15) is 5.26 Å². The van der Waals surface area contributed by atoms with Crippen molar-refractivity contribution < 1.29 is 0 Å². The Kier molecular flexibility index (Phi) is 4.86. The molecular formula is C17H19N3. The maximum atomic E-state index is 8.94. The van der Waals surface area contributed by atoms with Crippen LogP contribution in [0.1, 0.15) is 30.0 Å². The summed E-state index contributed by atoms with van der Waals surface area (Å²) in [5, 5.41) is 12.3. The zero-order valence-electron chi connectivity index (χ0n) is 12.0. The van der Waals surface area contributed by atoms with Crippen LogP contribution >= 0.6 is 0 Å². The summed E-state index contributed by atoms with van der Waals surface area (Å²) in [4.78, 5) is 4.12. The molecule has 102 valence electrons. The maximum absolute atomic E-state index is 8.94. The molecule has 1 aromatic heterocycles. The number of hydrogen-bond acceptors (Lipinski definition) is 3. The molecule has 0 aliphatic carbocycles. The van der Waals surface area contributed by atoms with Crippen LogP contribution in [-0.4, -0.2) is 11.5 Å². The first kappa shape index (κ1) is 14.2. The first-order valence-corrected chi connectivity index (χ1v) is 6.90. The van der Waals surface area contributed by atoms with Crippen molar-refractivity contribution in [1.29, 1.82) is 5.26 Å². The molecule has 0 saturated carbocycles. The van der Waals surface area contributed by atoms with E-state index in [1.54, 1.807) is 12.4 Å². The van der Waals surface area contributed by atoms with Crippen molar-refractivity contribution in [2.24, 2.45) is 0 Å². The highest BCUT2D eigenvalue weighted by Gasteiger charge is 2.04. The van der Waals surface area contributed by atoms with E-state index in [9.17, 15) is 0 Å². The molecule has 1 heterocycles. The lowest BCUT2D eigenvalue weighted by Crippen LogP contribution is -2.13. The Labute approximate surface area is 120 Å². The Morgan fingerprint density at radius 2 is 2.10 bits per heavy atom. The monoisotopic (exact) mass is 265 g/mol. The predicted octanol–water partition coefficient (Wildman–Crippen LogP) is 3.43. The number of hydrogen-bond donors (Lipinski definition) is 1. The molecule has 0 fully saturated rings. The third-order valence-corrected chi connectivity index (χ3v) is 3.23. The van der Waals surface area contributed by atoms with Gasteiger partial charge in [0.2, 0.25) is 0 Å². The Morgan fingerprint density at radius 3 is 2.80 bits per heavy atom. The zero-order chi connectivity index (χ0) is 14.4. The number of nitriles is 1. The number of nitrogens with zero attached hydrogens (tertiary/aromatic N) is 2. The van der Waals surface area contributed by atoms with Crippen LogP contribution in [0.3, 0.4) is 0 Å². The molecule has 3 heteroatoms. The minimum absolute atomic E-state index is 0.593. The van der Waals surface area contributed by atoms with E-state index in [1.807, 2.05) is 6.07 Å². The summed E-state index contributed by atoms with van der Waals surface area (Å²) in [5.41, 5.74) is 5.21. The van der Waals surface area contributed by atoms with Crippen LogP contribution in [-0.2, 0) is 6.54 Å². The summed E-state index contributed by atoms with van der Waals surface area (Å²) in [7, 11) is 0. The zero-order valence-corrected chi connectivity index (χ0v) is 12.0. The highest BCUT2D eigenvalue weighted by atomic mass is 14.8. The van der Waals surface area contributed by atoms with Gasteiger partial charge in [0.25, 0.3) is 0 Å². The first-order valence-electron chi connectivity index (χ1n) is 6.90. The summed E-state index contributed by atoms with van der Waals surface area (Å²) in [5.74, 6) is 0. The Morgan fingerprint density at radius 1 is 1.25 bits per heavy atom. The normalized spacial score (nSPS) is 10.2. The van der Waals surface area contributed by atoms with E-state index in [1.165, 1.54) is 11.1 Å². The average molecular weight is 265 g/mol. The van der Waals surface area contributed by atoms with E-state index < -0.39 is 0 Å². The van der Waals surface area contributed by atoms with E-state index in [4.69, 9.17) is 5.26 Å². The largest absolute Gasteiger partial charge is 0.313 e. The molecule has 0 radical (unpaired) electrons. The SMILES string of the molecule is CCCNCc1ccc(-c2cncc(C#N)c2)c(C)c1. The molecule has 20 heavy (non-hydrogen) atoms. The second-order valence-corrected chi connectivity index (χ2v) is 4.90. The van der Waals surface area contributed by atoms with Crippen molar-refractivity contribution in [3.8, 4) is 17.2 Å². The predicted molar refractivity (Wildman–Crippen MR) is 81.1 cm³/mol. The van der Waals surface area contributed by atoms with Gasteiger partial charge < -0.3 is 5.32 Å². The fourth-order valence-electron chi connectivity index (χ4n) is 2.22. The highest BCUT2D eigenvalue weighted by Crippen LogP contribution is 2.24. The van der Waals surface area contributed by atoms with Crippen LogP contribution in [0.5, 0.6) is 0 Å². The van der Waals surface area contributed by atoms with Crippen molar-refractivity contribution in [2.45, 2.75) is 26.8 Å². The summed E-state index contributed by atoms with van der Waals surface area (Å²) in [6.07, 6.45) is 4.53. The molecule has 0 saturated heterocycles. The highest BCUT2D eigenvalue weighted by molar-refractivity contribution is 5.68. The van der Waals surface area contributed by atoms with Crippen molar-refractivity contribution in [2.75, 3.05) is 6.54 Å². The fourth-order valence-corrected chi connectivity index (χ4v) is 2.22. The van der Waals surface area contributed by atoms with Crippen LogP contribution in [0.25, 0.3) is 11.1 Å². The van der Waals surface area contributed by atoms with Gasteiger partial charge >= 0.3 is 0 Å². The Hall–Kier alpha value is -2.18. The maximum Gasteiger partial charge on any atom is 0.101 e. The third kappa shape index (κ3) is 3.43. The molecule has 0 aliphatic rings. The molecule has 0 amide bonds. The van der Waals surface area contributed by atoms with E-state index in [2.05, 4.69) is 48.4 Å². The molecule has 2 aromatic rings. The molecule has 1 aromatic carbocycles. The Bertz CT molecular complexity index is 626. The van der Waals surface area contributed by atoms with Crippen molar-refractivity contribution in [3.05, 3.63) is 53.3 Å². The van der Waals surface area contributed by atoms with Crippen molar-refractivity contribution >= 4 is 0 Å². The summed E-state index contributed by atoms with van der Waals surface area (Å²) >= 11 is 0. The number of pyridine rings is 1. The quantitative estimate of drug-likeness (QED) is 0.843. The lowest BCUT2D eigenvalue weighted by Gasteiger charge is -2.09. The van der Waals surface area contributed by atoms with Gasteiger partial charge in [-0.05, 0) is 42.6 Å². The molecule has 0 spiro atoms. The average Bonchev–Trinajstić information content (AvgIpc) is 2.48. The van der Waals surface area contributed by atoms with Crippen LogP contribution in [0.2, 0.25) is 0 Å². The molecule has 2 rings (SSSR count). The summed E-state index contributed by atoms with van der Waals surface area (Å²) < 4.78 is 0. The summed E-state index contributed by atoms with van der Waals surface area (Å²) in [6.45, 7) is 6.19. The lowest BCUT2D eigenvalue weighted by molar-refractivity contribution is 0.675. The van der Waals surface area contributed by atoms with Crippen LogP contribution in [0, 0.1) is 18.3 Å². The third-order valence-electron chi connectivity index (χ3n) is 3.23. The lowest BCUT2D eigenvalue weighted by atomic mass is 9.99. The molecule has 0 atom stereocenters. The summed E-state index contributed by atoms with van der Waals surface area (Å²) in [6, 6.07) is 10.4. The van der Waals surface area contributed by atoms with Crippen molar-refractivity contribution in [3.63, 3.8) is 0 Å². The second-order valence-electron chi connectivity index (χ2n) is 4.90. The van der Waals surface area contributed by atoms with E-state index in [0.29, 0.717) is 5.56 Å². The van der Waals surface area contributed by atoms with Gasteiger partial charge in [-0.15, -0.1) is 0 Å². The molecule has 0 bridgehead atoms. The fraction of sp³-hybridized carbons (Fsp3) is 0.294. The number of benzene rings is 1. The second kappa shape index (κ2) is 6.83. The van der Waals surface area contributed by atoms with E-state index in [0.717, 1.165) is 30.6 Å². The van der Waals surface area contributed by atoms with Gasteiger partial charge in [0, 0.05) is 24.5 Å². The van der Waals surface area contributed by atoms with Gasteiger partial charge in [-0.25, -0.2) is 0 Å². The topological polar surface area (TPSA) is 48.7 Å². The van der Waals surface area contributed by atoms with Gasteiger partial charge in [0.1, 0.15) is 6.07 Å². The molecule has 1 N–H and O–H groups in total. The van der Waals surface area contributed by atoms with Crippen molar-refractivity contribution in [1.82, 2.24) is 10.3 Å². The van der Waals surface area contributed by atoms with Crippen LogP contribution in [0.4, 0.5) is 0 Å². The molecule has 0 unspecified atom stereocenters. The smallest absolute Gasteiger partial charge is 0.101 e. The minimum Gasteiger partial charge on any atom is -0.313 e. The number of nitrogens with one attached hydrogen (secondary N) is 1. The van der Waals surface area contributed by atoms with Crippen LogP contribution < -0.4 is 5.32 Å². The van der Waals surface area contributed by atoms with E-state index in [-0.39, 0.29) is 0 Å². The number of aryl methyl sites for hydroxylation is 1. The minimum atomic E-state index is 0.593. The number of rotatable bonds is 5. The van der Waals surface area contributed by atoms with E-state index >= 15 is 0 Å². The molecule has 3 nitrogen and oxygen atoms in total. The van der Waals surface area contributed by atoms with Gasteiger partial charge in [-0.3, -0.25) is 4.98 Å². The molecular weight excluding hydrogens is 246 g/mol. The van der Waals surface area contributed by atoms with Gasteiger partial charge in [0.05, 0.1) is 5.56 Å².